The van der Waals surface area contributed by atoms with Gasteiger partial charge in [-0.3, -0.25) is 14.5 Å². The maximum atomic E-state index is 11.9. The topological polar surface area (TPSA) is 37.4 Å². The molecule has 14 heavy (non-hydrogen) atoms. The molecule has 1 aliphatic heterocycles. The first kappa shape index (κ1) is 9.19. The van der Waals surface area contributed by atoms with Crippen molar-refractivity contribution in [1.29, 1.82) is 0 Å². The normalized spacial score (nSPS) is 30.7. The molecule has 0 bridgehead atoms. The molecule has 3 nitrogen and oxygen atoms in total. The number of amides is 2. The van der Waals surface area contributed by atoms with E-state index in [9.17, 15) is 9.59 Å². The Morgan fingerprint density at radius 2 is 2.21 bits per heavy atom. The number of allylic oxidation sites excluding steroid dienone is 3. The summed E-state index contributed by atoms with van der Waals surface area (Å²) in [5.74, 6) is -0.176. The van der Waals surface area contributed by atoms with E-state index in [0.29, 0.717) is 18.5 Å². The third-order valence-electron chi connectivity index (χ3n) is 3.03. The number of likely N-dealkylation sites (tertiary alicyclic amines) is 1. The summed E-state index contributed by atoms with van der Waals surface area (Å²) < 4.78 is 0. The molecule has 74 valence electrons. The second-order valence-electron chi connectivity index (χ2n) is 3.90. The molecule has 1 aliphatic carbocycles. The summed E-state index contributed by atoms with van der Waals surface area (Å²) in [6, 6.07) is 0. The van der Waals surface area contributed by atoms with E-state index in [1.54, 1.807) is 6.08 Å². The van der Waals surface area contributed by atoms with Gasteiger partial charge in [0.25, 0.3) is 5.91 Å². The van der Waals surface area contributed by atoms with Crippen LogP contribution in [0.4, 0.5) is 0 Å². The van der Waals surface area contributed by atoms with Gasteiger partial charge in [0.2, 0.25) is 5.91 Å². The van der Waals surface area contributed by atoms with Gasteiger partial charge >= 0.3 is 0 Å². The van der Waals surface area contributed by atoms with Crippen LogP contribution in [-0.2, 0) is 9.59 Å². The highest BCUT2D eigenvalue weighted by molar-refractivity contribution is 6.17. The molecule has 0 saturated carbocycles. The van der Waals surface area contributed by atoms with Crippen molar-refractivity contribution >= 4 is 11.8 Å². The molecule has 1 unspecified atom stereocenters. The molecule has 0 aromatic heterocycles. The van der Waals surface area contributed by atoms with Crippen molar-refractivity contribution in [3.63, 3.8) is 0 Å². The zero-order valence-electron chi connectivity index (χ0n) is 8.41. The zero-order valence-corrected chi connectivity index (χ0v) is 8.41. The first-order valence-electron chi connectivity index (χ1n) is 4.85. The van der Waals surface area contributed by atoms with Crippen molar-refractivity contribution in [3.8, 4) is 0 Å². The number of carbonyl (C=O) groups excluding carboxylic acids is 2. The Morgan fingerprint density at radius 3 is 2.79 bits per heavy atom. The minimum Gasteiger partial charge on any atom is -0.278 e. The summed E-state index contributed by atoms with van der Waals surface area (Å²) >= 11 is 0. The SMILES string of the molecule is CCN1C(=O)C2=CC=CCC2(C)C1=O. The fourth-order valence-electron chi connectivity index (χ4n) is 2.09. The highest BCUT2D eigenvalue weighted by Gasteiger charge is 2.51. The molecule has 1 heterocycles. The number of rotatable bonds is 1. The molecule has 1 atom stereocenters. The van der Waals surface area contributed by atoms with Crippen LogP contribution in [-0.4, -0.2) is 23.3 Å². The van der Waals surface area contributed by atoms with Crippen LogP contribution in [0.2, 0.25) is 0 Å². The van der Waals surface area contributed by atoms with E-state index in [2.05, 4.69) is 0 Å². The van der Waals surface area contributed by atoms with Gasteiger partial charge in [0.1, 0.15) is 0 Å². The lowest BCUT2D eigenvalue weighted by Crippen LogP contribution is -2.33. The summed E-state index contributed by atoms with van der Waals surface area (Å²) in [5.41, 5.74) is 0.0498. The molecule has 1 fully saturated rings. The van der Waals surface area contributed by atoms with Gasteiger partial charge in [0.15, 0.2) is 0 Å². The van der Waals surface area contributed by atoms with Crippen LogP contribution < -0.4 is 0 Å². The van der Waals surface area contributed by atoms with Crippen molar-refractivity contribution in [2.24, 2.45) is 5.41 Å². The Hall–Kier alpha value is -1.38. The minimum absolute atomic E-state index is 0.0550. The van der Waals surface area contributed by atoms with Gasteiger partial charge in [-0.05, 0) is 20.3 Å². The Bertz CT molecular complexity index is 367. The van der Waals surface area contributed by atoms with Crippen LogP contribution >= 0.6 is 0 Å². The first-order valence-corrected chi connectivity index (χ1v) is 4.85. The maximum Gasteiger partial charge on any atom is 0.257 e. The highest BCUT2D eigenvalue weighted by atomic mass is 16.2. The summed E-state index contributed by atoms with van der Waals surface area (Å²) in [6.45, 7) is 4.13. The van der Waals surface area contributed by atoms with Crippen LogP contribution in [0.25, 0.3) is 0 Å². The third kappa shape index (κ3) is 0.924. The predicted octanol–water partition coefficient (Wildman–Crippen LogP) is 1.27. The molecule has 0 aromatic rings. The number of hydrogen-bond donors (Lipinski definition) is 0. The second kappa shape index (κ2) is 2.80. The van der Waals surface area contributed by atoms with Crippen molar-refractivity contribution < 1.29 is 9.59 Å². The fourth-order valence-corrected chi connectivity index (χ4v) is 2.09. The fraction of sp³-hybridized carbons (Fsp3) is 0.455. The predicted molar refractivity (Wildman–Crippen MR) is 52.3 cm³/mol. The molecule has 0 N–H and O–H groups in total. The van der Waals surface area contributed by atoms with Gasteiger partial charge in [-0.25, -0.2) is 0 Å². The standard InChI is InChI=1S/C11H13NO2/c1-3-12-9(13)8-6-4-5-7-11(8,2)10(12)14/h4-6H,3,7H2,1-2H3. The number of carbonyl (C=O) groups is 2. The first-order chi connectivity index (χ1) is 6.61. The van der Waals surface area contributed by atoms with E-state index in [0.717, 1.165) is 0 Å². The molecular weight excluding hydrogens is 178 g/mol. The summed E-state index contributed by atoms with van der Waals surface area (Å²) in [4.78, 5) is 25.1. The highest BCUT2D eigenvalue weighted by Crippen LogP contribution is 2.42. The average molecular weight is 191 g/mol. The Labute approximate surface area is 83.1 Å². The quantitative estimate of drug-likeness (QED) is 0.585. The van der Waals surface area contributed by atoms with Crippen molar-refractivity contribution in [2.75, 3.05) is 6.54 Å². The Balaban J connectivity index is 2.50. The van der Waals surface area contributed by atoms with Crippen LogP contribution in [0.5, 0.6) is 0 Å². The van der Waals surface area contributed by atoms with Crippen molar-refractivity contribution in [2.45, 2.75) is 20.3 Å². The van der Waals surface area contributed by atoms with Gasteiger partial charge < -0.3 is 0 Å². The van der Waals surface area contributed by atoms with Gasteiger partial charge in [0.05, 0.1) is 5.41 Å². The average Bonchev–Trinajstić information content (AvgIpc) is 2.36. The van der Waals surface area contributed by atoms with Gasteiger partial charge in [-0.15, -0.1) is 0 Å². The molecule has 0 aromatic carbocycles. The Kier molecular flexibility index (Phi) is 1.84. The number of likely N-dealkylation sites (N-methyl/N-ethyl adjacent to an activating group) is 1. The van der Waals surface area contributed by atoms with E-state index in [1.807, 2.05) is 26.0 Å². The number of nitrogens with zero attached hydrogens (tertiary/aromatic N) is 1. The monoisotopic (exact) mass is 191 g/mol. The lowest BCUT2D eigenvalue weighted by molar-refractivity contribution is -0.140. The van der Waals surface area contributed by atoms with E-state index < -0.39 is 5.41 Å². The van der Waals surface area contributed by atoms with E-state index in [-0.39, 0.29) is 11.8 Å². The molecule has 2 aliphatic rings. The molecular formula is C11H13NO2. The molecule has 0 radical (unpaired) electrons. The summed E-state index contributed by atoms with van der Waals surface area (Å²) in [5, 5.41) is 0. The largest absolute Gasteiger partial charge is 0.278 e. The number of imide groups is 1. The molecule has 1 saturated heterocycles. The van der Waals surface area contributed by atoms with Gasteiger partial charge in [-0.1, -0.05) is 18.2 Å². The summed E-state index contributed by atoms with van der Waals surface area (Å²) in [7, 11) is 0. The minimum atomic E-state index is -0.595. The van der Waals surface area contributed by atoms with E-state index in [1.165, 1.54) is 4.90 Å². The van der Waals surface area contributed by atoms with Crippen LogP contribution in [0.3, 0.4) is 0 Å². The molecule has 3 heteroatoms. The molecule has 0 spiro atoms. The van der Waals surface area contributed by atoms with Crippen molar-refractivity contribution in [1.82, 2.24) is 4.90 Å². The maximum absolute atomic E-state index is 11.9. The summed E-state index contributed by atoms with van der Waals surface area (Å²) in [6.07, 6.45) is 6.19. The lowest BCUT2D eigenvalue weighted by atomic mass is 9.78. The lowest BCUT2D eigenvalue weighted by Gasteiger charge is -2.22. The van der Waals surface area contributed by atoms with Gasteiger partial charge in [0, 0.05) is 12.1 Å². The Morgan fingerprint density at radius 1 is 1.50 bits per heavy atom. The zero-order chi connectivity index (χ0) is 10.3. The van der Waals surface area contributed by atoms with Crippen molar-refractivity contribution in [3.05, 3.63) is 23.8 Å². The van der Waals surface area contributed by atoms with Crippen LogP contribution in [0.1, 0.15) is 20.3 Å². The van der Waals surface area contributed by atoms with Crippen LogP contribution in [0.15, 0.2) is 23.8 Å². The molecule has 2 amide bonds. The number of fused-ring (bicyclic) bond motifs is 1. The van der Waals surface area contributed by atoms with E-state index >= 15 is 0 Å². The van der Waals surface area contributed by atoms with Crippen LogP contribution in [0, 0.1) is 5.41 Å². The van der Waals surface area contributed by atoms with E-state index in [4.69, 9.17) is 0 Å². The third-order valence-corrected chi connectivity index (χ3v) is 3.03. The number of hydrogen-bond acceptors (Lipinski definition) is 2. The molecule has 2 rings (SSSR count). The smallest absolute Gasteiger partial charge is 0.257 e. The second-order valence-corrected chi connectivity index (χ2v) is 3.90. The van der Waals surface area contributed by atoms with Gasteiger partial charge in [-0.2, -0.15) is 0 Å².